The zero-order valence-corrected chi connectivity index (χ0v) is 17.4. The highest BCUT2D eigenvalue weighted by Gasteiger charge is 2.11. The van der Waals surface area contributed by atoms with Crippen molar-refractivity contribution in [1.29, 1.82) is 0 Å². The van der Waals surface area contributed by atoms with Crippen molar-refractivity contribution in [3.63, 3.8) is 0 Å². The lowest BCUT2D eigenvalue weighted by Crippen LogP contribution is -2.17. The summed E-state index contributed by atoms with van der Waals surface area (Å²) in [6.45, 7) is 3.71. The Kier molecular flexibility index (Phi) is 6.53. The molecule has 2 aromatic carbocycles. The van der Waals surface area contributed by atoms with Gasteiger partial charge < -0.3 is 15.4 Å². The monoisotopic (exact) mass is 415 g/mol. The van der Waals surface area contributed by atoms with Crippen molar-refractivity contribution < 1.29 is 14.3 Å². The highest BCUT2D eigenvalue weighted by atomic mass is 32.2. The Morgan fingerprint density at radius 3 is 2.68 bits per heavy atom. The van der Waals surface area contributed by atoms with Crippen LogP contribution >= 0.6 is 23.1 Å². The molecule has 1 heterocycles. The molecule has 0 spiro atoms. The molecule has 146 valence electrons. The summed E-state index contributed by atoms with van der Waals surface area (Å²) in [6, 6.07) is 12.9. The van der Waals surface area contributed by atoms with Gasteiger partial charge in [-0.05, 0) is 30.3 Å². The largest absolute Gasteiger partial charge is 0.497 e. The number of nitrogens with zero attached hydrogens (tertiary/aromatic N) is 1. The van der Waals surface area contributed by atoms with E-state index in [1.54, 1.807) is 13.2 Å². The fourth-order valence-corrected chi connectivity index (χ4v) is 4.26. The van der Waals surface area contributed by atoms with Crippen molar-refractivity contribution in [3.8, 4) is 5.75 Å². The normalized spacial score (nSPS) is 10.9. The van der Waals surface area contributed by atoms with Gasteiger partial charge in [-0.15, -0.1) is 11.3 Å². The number of ether oxygens (including phenoxy) is 1. The number of methoxy groups -OCH3 is 1. The van der Waals surface area contributed by atoms with E-state index in [1.807, 2.05) is 50.2 Å². The number of benzene rings is 2. The first-order valence-electron chi connectivity index (χ1n) is 8.73. The highest BCUT2D eigenvalue weighted by molar-refractivity contribution is 8.01. The third-order valence-corrected chi connectivity index (χ3v) is 6.00. The number of nitrogens with one attached hydrogen (secondary N) is 2. The molecular weight excluding hydrogens is 394 g/mol. The number of rotatable bonds is 7. The maximum atomic E-state index is 12.2. The standard InChI is InChI=1S/C20H21N3O3S2/c1-12(2)19(25)22-14-7-8-16-17(10-14)28-20(23-16)27-11-18(24)21-13-5-4-6-15(9-13)26-3/h4-10,12H,11H2,1-3H3,(H,21,24)(H,22,25). The Bertz CT molecular complexity index is 1000. The molecule has 6 nitrogen and oxygen atoms in total. The lowest BCUT2D eigenvalue weighted by Gasteiger charge is -2.06. The van der Waals surface area contributed by atoms with Crippen LogP contribution in [0.4, 0.5) is 11.4 Å². The van der Waals surface area contributed by atoms with Crippen LogP contribution in [0.25, 0.3) is 10.2 Å². The Hall–Kier alpha value is -2.58. The topological polar surface area (TPSA) is 80.3 Å². The number of amides is 2. The van der Waals surface area contributed by atoms with Crippen LogP contribution in [0.3, 0.4) is 0 Å². The number of aromatic nitrogens is 1. The molecule has 0 saturated carbocycles. The molecule has 0 atom stereocenters. The summed E-state index contributed by atoms with van der Waals surface area (Å²) in [5, 5.41) is 5.74. The van der Waals surface area contributed by atoms with Crippen LogP contribution < -0.4 is 15.4 Å². The molecule has 0 bridgehead atoms. The Morgan fingerprint density at radius 1 is 1.14 bits per heavy atom. The van der Waals surface area contributed by atoms with E-state index in [4.69, 9.17) is 4.74 Å². The van der Waals surface area contributed by atoms with Crippen molar-refractivity contribution in [2.24, 2.45) is 5.92 Å². The predicted octanol–water partition coefficient (Wildman–Crippen LogP) is 4.63. The molecule has 0 radical (unpaired) electrons. The smallest absolute Gasteiger partial charge is 0.234 e. The molecular formula is C20H21N3O3S2. The average molecular weight is 416 g/mol. The maximum Gasteiger partial charge on any atom is 0.234 e. The molecule has 28 heavy (non-hydrogen) atoms. The molecule has 3 aromatic rings. The van der Waals surface area contributed by atoms with E-state index in [1.165, 1.54) is 23.1 Å². The number of hydrogen-bond donors (Lipinski definition) is 2. The predicted molar refractivity (Wildman–Crippen MR) is 115 cm³/mol. The molecule has 1 aromatic heterocycles. The van der Waals surface area contributed by atoms with Crippen LogP contribution in [0.1, 0.15) is 13.8 Å². The van der Waals surface area contributed by atoms with E-state index in [0.29, 0.717) is 11.4 Å². The van der Waals surface area contributed by atoms with Crippen molar-refractivity contribution in [1.82, 2.24) is 4.98 Å². The van der Waals surface area contributed by atoms with Crippen molar-refractivity contribution in [2.75, 3.05) is 23.5 Å². The summed E-state index contributed by atoms with van der Waals surface area (Å²) in [5.41, 5.74) is 2.30. The van der Waals surface area contributed by atoms with Gasteiger partial charge in [0.2, 0.25) is 11.8 Å². The molecule has 8 heteroatoms. The third kappa shape index (κ3) is 5.24. The van der Waals surface area contributed by atoms with Gasteiger partial charge in [0.15, 0.2) is 4.34 Å². The van der Waals surface area contributed by atoms with Crippen LogP contribution in [0, 0.1) is 5.92 Å². The van der Waals surface area contributed by atoms with E-state index in [0.717, 1.165) is 20.2 Å². The van der Waals surface area contributed by atoms with Crippen molar-refractivity contribution in [3.05, 3.63) is 42.5 Å². The van der Waals surface area contributed by atoms with Gasteiger partial charge >= 0.3 is 0 Å². The van der Waals surface area contributed by atoms with Gasteiger partial charge in [0, 0.05) is 23.4 Å². The average Bonchev–Trinajstić information content (AvgIpc) is 3.08. The first kappa shape index (κ1) is 20.2. The molecule has 0 saturated heterocycles. The van der Waals surface area contributed by atoms with Crippen LogP contribution in [0.5, 0.6) is 5.75 Å². The fourth-order valence-electron chi connectivity index (χ4n) is 2.35. The Balaban J connectivity index is 1.61. The molecule has 2 N–H and O–H groups in total. The summed E-state index contributed by atoms with van der Waals surface area (Å²) in [6.07, 6.45) is 0. The maximum absolute atomic E-state index is 12.2. The zero-order chi connectivity index (χ0) is 20.1. The number of fused-ring (bicyclic) bond motifs is 1. The zero-order valence-electron chi connectivity index (χ0n) is 15.8. The third-order valence-electron chi connectivity index (χ3n) is 3.84. The second-order valence-corrected chi connectivity index (χ2v) is 8.63. The van der Waals surface area contributed by atoms with E-state index < -0.39 is 0 Å². The molecule has 3 rings (SSSR count). The number of thioether (sulfide) groups is 1. The molecule has 0 unspecified atom stereocenters. The number of hydrogen-bond acceptors (Lipinski definition) is 6. The highest BCUT2D eigenvalue weighted by Crippen LogP contribution is 2.31. The van der Waals surface area contributed by atoms with Crippen molar-refractivity contribution >= 4 is 56.5 Å². The fraction of sp³-hybridized carbons (Fsp3) is 0.250. The van der Waals surface area contributed by atoms with Gasteiger partial charge in [-0.1, -0.05) is 31.7 Å². The molecule has 0 aliphatic heterocycles. The summed E-state index contributed by atoms with van der Waals surface area (Å²) in [4.78, 5) is 28.6. The van der Waals surface area contributed by atoms with Gasteiger partial charge in [-0.3, -0.25) is 9.59 Å². The first-order valence-corrected chi connectivity index (χ1v) is 10.5. The van der Waals surface area contributed by atoms with Crippen LogP contribution in [0.15, 0.2) is 46.8 Å². The second kappa shape index (κ2) is 9.07. The number of thiazole rings is 1. The second-order valence-electron chi connectivity index (χ2n) is 6.38. The minimum atomic E-state index is -0.109. The van der Waals surface area contributed by atoms with E-state index >= 15 is 0 Å². The summed E-state index contributed by atoms with van der Waals surface area (Å²) < 4.78 is 6.93. The SMILES string of the molecule is COc1cccc(NC(=O)CSc2nc3ccc(NC(=O)C(C)C)cc3s2)c1. The van der Waals surface area contributed by atoms with Crippen LogP contribution in [-0.2, 0) is 9.59 Å². The van der Waals surface area contributed by atoms with E-state index in [-0.39, 0.29) is 23.5 Å². The lowest BCUT2D eigenvalue weighted by molar-refractivity contribution is -0.119. The number of carbonyl (C=O) groups excluding carboxylic acids is 2. The molecule has 0 aliphatic rings. The van der Waals surface area contributed by atoms with E-state index in [2.05, 4.69) is 15.6 Å². The summed E-state index contributed by atoms with van der Waals surface area (Å²) in [5.74, 6) is 0.743. The van der Waals surface area contributed by atoms with Crippen LogP contribution in [0.2, 0.25) is 0 Å². The molecule has 2 amide bonds. The molecule has 0 aliphatic carbocycles. The van der Waals surface area contributed by atoms with E-state index in [9.17, 15) is 9.59 Å². The van der Waals surface area contributed by atoms with Gasteiger partial charge in [-0.25, -0.2) is 4.98 Å². The summed E-state index contributed by atoms with van der Waals surface area (Å²) >= 11 is 2.89. The molecule has 0 fully saturated rings. The Morgan fingerprint density at radius 2 is 1.93 bits per heavy atom. The first-order chi connectivity index (χ1) is 13.4. The van der Waals surface area contributed by atoms with Gasteiger partial charge in [0.1, 0.15) is 5.75 Å². The number of anilines is 2. The Labute approximate surface area is 171 Å². The minimum absolute atomic E-state index is 0.0207. The quantitative estimate of drug-likeness (QED) is 0.550. The minimum Gasteiger partial charge on any atom is -0.497 e. The number of carbonyl (C=O) groups is 2. The van der Waals surface area contributed by atoms with Gasteiger partial charge in [-0.2, -0.15) is 0 Å². The summed E-state index contributed by atoms with van der Waals surface area (Å²) in [7, 11) is 1.59. The van der Waals surface area contributed by atoms with Gasteiger partial charge in [0.05, 0.1) is 23.1 Å². The lowest BCUT2D eigenvalue weighted by atomic mass is 10.2. The van der Waals surface area contributed by atoms with Crippen LogP contribution in [-0.4, -0.2) is 29.7 Å². The van der Waals surface area contributed by atoms with Crippen molar-refractivity contribution in [2.45, 2.75) is 18.2 Å². The van der Waals surface area contributed by atoms with Gasteiger partial charge in [0.25, 0.3) is 0 Å².